The molecule has 1 aromatic heterocycles. The third-order valence-electron chi connectivity index (χ3n) is 2.74. The van der Waals surface area contributed by atoms with E-state index in [-0.39, 0.29) is 15.6 Å². The second-order valence-electron chi connectivity index (χ2n) is 4.18. The Morgan fingerprint density at radius 1 is 1.26 bits per heavy atom. The molecule has 0 radical (unpaired) electrons. The number of aromatic amines is 1. The van der Waals surface area contributed by atoms with Crippen molar-refractivity contribution in [3.05, 3.63) is 50.8 Å². The summed E-state index contributed by atoms with van der Waals surface area (Å²) in [6.45, 7) is 3.70. The fraction of sp³-hybridized carbons (Fsp3) is 0.250. The monoisotopic (exact) mass is 298 g/mol. The Bertz CT molecular complexity index is 744. The normalized spacial score (nSPS) is 11.7. The molecule has 0 aliphatic carbocycles. The van der Waals surface area contributed by atoms with Crippen molar-refractivity contribution in [3.8, 4) is 0 Å². The van der Waals surface area contributed by atoms with Crippen LogP contribution in [0.5, 0.6) is 0 Å². The van der Waals surface area contributed by atoms with E-state index in [1.54, 1.807) is 6.92 Å². The van der Waals surface area contributed by atoms with E-state index in [2.05, 4.69) is 9.71 Å². The van der Waals surface area contributed by atoms with Gasteiger partial charge in [0.1, 0.15) is 0 Å². The van der Waals surface area contributed by atoms with Gasteiger partial charge in [-0.1, -0.05) is 35.6 Å². The number of benzene rings is 1. The van der Waals surface area contributed by atoms with Gasteiger partial charge in [0.2, 0.25) is 0 Å². The minimum Gasteiger partial charge on any atom is -0.315 e. The maximum Gasteiger partial charge on any atom is 0.305 e. The van der Waals surface area contributed by atoms with Crippen LogP contribution in [0.2, 0.25) is 0 Å². The molecule has 1 heterocycles. The standard InChI is InChI=1S/C12H14N2O3S2/c1-8-5-3-4-6-10(8)7-13-19(16,17)11-9(2)14-12(15)18-11/h3-6,13H,7H2,1-2H3,(H,14,15). The van der Waals surface area contributed by atoms with E-state index in [1.807, 2.05) is 31.2 Å². The maximum absolute atomic E-state index is 12.1. The topological polar surface area (TPSA) is 79.0 Å². The third-order valence-corrected chi connectivity index (χ3v) is 5.75. The minimum atomic E-state index is -3.65. The van der Waals surface area contributed by atoms with Gasteiger partial charge >= 0.3 is 4.87 Å². The Morgan fingerprint density at radius 2 is 1.95 bits per heavy atom. The van der Waals surface area contributed by atoms with Gasteiger partial charge in [-0.2, -0.15) is 0 Å². The number of nitrogens with one attached hydrogen (secondary N) is 2. The first-order chi connectivity index (χ1) is 8.90. The average Bonchev–Trinajstić information content (AvgIpc) is 2.68. The van der Waals surface area contributed by atoms with Crippen LogP contribution in [0.3, 0.4) is 0 Å². The van der Waals surface area contributed by atoms with Gasteiger partial charge in [0.15, 0.2) is 4.21 Å². The van der Waals surface area contributed by atoms with Gasteiger partial charge < -0.3 is 4.98 Å². The number of hydrogen-bond acceptors (Lipinski definition) is 4. The molecule has 0 unspecified atom stereocenters. The highest BCUT2D eigenvalue weighted by atomic mass is 32.2. The number of sulfonamides is 1. The largest absolute Gasteiger partial charge is 0.315 e. The van der Waals surface area contributed by atoms with Crippen LogP contribution >= 0.6 is 11.3 Å². The van der Waals surface area contributed by atoms with Gasteiger partial charge in [-0.25, -0.2) is 13.1 Å². The van der Waals surface area contributed by atoms with Crippen LogP contribution in [0.15, 0.2) is 33.3 Å². The summed E-state index contributed by atoms with van der Waals surface area (Å²) in [6.07, 6.45) is 0. The zero-order chi connectivity index (χ0) is 14.0. The van der Waals surface area contributed by atoms with Crippen molar-refractivity contribution in [1.82, 2.24) is 9.71 Å². The van der Waals surface area contributed by atoms with Crippen molar-refractivity contribution < 1.29 is 8.42 Å². The van der Waals surface area contributed by atoms with Crippen LogP contribution in [0.4, 0.5) is 0 Å². The maximum atomic E-state index is 12.1. The van der Waals surface area contributed by atoms with E-state index in [1.165, 1.54) is 0 Å². The number of aryl methyl sites for hydroxylation is 2. The Hall–Kier alpha value is -1.44. The van der Waals surface area contributed by atoms with E-state index in [4.69, 9.17) is 0 Å². The van der Waals surface area contributed by atoms with Crippen LogP contribution < -0.4 is 9.60 Å². The molecule has 0 spiro atoms. The molecule has 0 amide bonds. The number of rotatable bonds is 4. The van der Waals surface area contributed by atoms with Gasteiger partial charge in [-0.15, -0.1) is 0 Å². The summed E-state index contributed by atoms with van der Waals surface area (Å²) in [6, 6.07) is 7.54. The molecule has 2 N–H and O–H groups in total. The van der Waals surface area contributed by atoms with Crippen molar-refractivity contribution in [2.75, 3.05) is 0 Å². The fourth-order valence-corrected chi connectivity index (χ4v) is 4.04. The Kier molecular flexibility index (Phi) is 3.88. The van der Waals surface area contributed by atoms with E-state index in [0.717, 1.165) is 11.1 Å². The summed E-state index contributed by atoms with van der Waals surface area (Å²) in [5.74, 6) is 0. The molecule has 0 bridgehead atoms. The molecule has 0 aliphatic heterocycles. The molecule has 7 heteroatoms. The van der Waals surface area contributed by atoms with Gasteiger partial charge in [0.05, 0.1) is 0 Å². The molecule has 0 fully saturated rings. The van der Waals surface area contributed by atoms with Gasteiger partial charge in [0, 0.05) is 12.2 Å². The number of H-pyrrole nitrogens is 1. The molecule has 19 heavy (non-hydrogen) atoms. The average molecular weight is 298 g/mol. The van der Waals surface area contributed by atoms with Crippen molar-refractivity contribution >= 4 is 21.4 Å². The SMILES string of the molecule is Cc1ccccc1CNS(=O)(=O)c1sc(=O)[nH]c1C. The van der Waals surface area contributed by atoms with E-state index in [9.17, 15) is 13.2 Å². The number of aromatic nitrogens is 1. The zero-order valence-electron chi connectivity index (χ0n) is 10.6. The Morgan fingerprint density at radius 3 is 2.53 bits per heavy atom. The smallest absolute Gasteiger partial charge is 0.305 e. The number of hydrogen-bond donors (Lipinski definition) is 2. The molecule has 5 nitrogen and oxygen atoms in total. The second-order valence-corrected chi connectivity index (χ2v) is 7.12. The molecular weight excluding hydrogens is 284 g/mol. The third kappa shape index (κ3) is 3.12. The predicted octanol–water partition coefficient (Wildman–Crippen LogP) is 1.53. The Balaban J connectivity index is 2.22. The summed E-state index contributed by atoms with van der Waals surface area (Å²) < 4.78 is 26.7. The summed E-state index contributed by atoms with van der Waals surface area (Å²) in [7, 11) is -3.65. The molecule has 2 aromatic rings. The van der Waals surface area contributed by atoms with E-state index < -0.39 is 10.0 Å². The fourth-order valence-electron chi connectivity index (χ4n) is 1.69. The molecule has 1 aromatic carbocycles. The van der Waals surface area contributed by atoms with Crippen LogP contribution in [-0.2, 0) is 16.6 Å². The summed E-state index contributed by atoms with van der Waals surface area (Å²) in [5, 5.41) is 0. The first-order valence-corrected chi connectivity index (χ1v) is 7.94. The van der Waals surface area contributed by atoms with Crippen LogP contribution in [0, 0.1) is 13.8 Å². The highest BCUT2D eigenvalue weighted by molar-refractivity contribution is 7.91. The van der Waals surface area contributed by atoms with Gasteiger partial charge in [-0.05, 0) is 25.0 Å². The minimum absolute atomic E-state index is 0.0473. The van der Waals surface area contributed by atoms with Crippen molar-refractivity contribution in [1.29, 1.82) is 0 Å². The van der Waals surface area contributed by atoms with Crippen molar-refractivity contribution in [2.24, 2.45) is 0 Å². The number of thiazole rings is 1. The lowest BCUT2D eigenvalue weighted by Gasteiger charge is -2.07. The first-order valence-electron chi connectivity index (χ1n) is 5.64. The van der Waals surface area contributed by atoms with Crippen LogP contribution in [0.1, 0.15) is 16.8 Å². The second kappa shape index (κ2) is 5.28. The molecule has 2 rings (SSSR count). The Labute approximate surface area is 115 Å². The lowest BCUT2D eigenvalue weighted by molar-refractivity contribution is 0.582. The molecule has 0 aliphatic rings. The van der Waals surface area contributed by atoms with E-state index >= 15 is 0 Å². The highest BCUT2D eigenvalue weighted by Gasteiger charge is 2.20. The molecule has 102 valence electrons. The predicted molar refractivity (Wildman–Crippen MR) is 74.9 cm³/mol. The van der Waals surface area contributed by atoms with Crippen LogP contribution in [-0.4, -0.2) is 13.4 Å². The first kappa shape index (κ1) is 14.0. The van der Waals surface area contributed by atoms with Crippen molar-refractivity contribution in [3.63, 3.8) is 0 Å². The summed E-state index contributed by atoms with van der Waals surface area (Å²) in [5.41, 5.74) is 2.29. The molecular formula is C12H14N2O3S2. The van der Waals surface area contributed by atoms with Gasteiger partial charge in [-0.3, -0.25) is 4.79 Å². The highest BCUT2D eigenvalue weighted by Crippen LogP contribution is 2.16. The molecule has 0 atom stereocenters. The molecule has 0 saturated carbocycles. The van der Waals surface area contributed by atoms with Crippen molar-refractivity contribution in [2.45, 2.75) is 24.6 Å². The summed E-state index contributed by atoms with van der Waals surface area (Å²) in [4.78, 5) is 13.3. The lowest BCUT2D eigenvalue weighted by Crippen LogP contribution is -2.23. The summed E-state index contributed by atoms with van der Waals surface area (Å²) >= 11 is 0.699. The lowest BCUT2D eigenvalue weighted by atomic mass is 10.1. The van der Waals surface area contributed by atoms with Crippen LogP contribution in [0.25, 0.3) is 0 Å². The van der Waals surface area contributed by atoms with Gasteiger partial charge in [0.25, 0.3) is 10.0 Å². The molecule has 0 saturated heterocycles. The van der Waals surface area contributed by atoms with E-state index in [0.29, 0.717) is 17.0 Å². The quantitative estimate of drug-likeness (QED) is 0.898. The zero-order valence-corrected chi connectivity index (χ0v) is 12.2.